The fourth-order valence-electron chi connectivity index (χ4n) is 2.47. The molecule has 110 valence electrons. The number of para-hydroxylation sites is 1. The highest BCUT2D eigenvalue weighted by Gasteiger charge is 2.35. The second kappa shape index (κ2) is 5.37. The minimum atomic E-state index is -0.274. The van der Waals surface area contributed by atoms with Gasteiger partial charge in [-0.25, -0.2) is 9.37 Å². The fourth-order valence-corrected chi connectivity index (χ4v) is 4.70. The van der Waals surface area contributed by atoms with Crippen LogP contribution in [0, 0.1) is 5.82 Å². The lowest BCUT2D eigenvalue weighted by molar-refractivity contribution is -0.115. The van der Waals surface area contributed by atoms with Gasteiger partial charge >= 0.3 is 0 Å². The molecule has 1 aliphatic rings. The lowest BCUT2D eigenvalue weighted by Crippen LogP contribution is -2.27. The van der Waals surface area contributed by atoms with Crippen molar-refractivity contribution >= 4 is 44.4 Å². The zero-order valence-electron chi connectivity index (χ0n) is 11.4. The van der Waals surface area contributed by atoms with Gasteiger partial charge in [0.25, 0.3) is 0 Å². The van der Waals surface area contributed by atoms with Crippen LogP contribution < -0.4 is 4.90 Å². The predicted molar refractivity (Wildman–Crippen MR) is 88.7 cm³/mol. The van der Waals surface area contributed by atoms with Crippen LogP contribution in [-0.2, 0) is 4.79 Å². The Morgan fingerprint density at radius 2 is 1.91 bits per heavy atom. The van der Waals surface area contributed by atoms with Gasteiger partial charge in [0, 0.05) is 0 Å². The van der Waals surface area contributed by atoms with E-state index in [0.29, 0.717) is 10.9 Å². The lowest BCUT2D eigenvalue weighted by atomic mass is 10.2. The molecule has 2 heterocycles. The summed E-state index contributed by atoms with van der Waals surface area (Å²) >= 11 is 3.05. The van der Waals surface area contributed by atoms with Gasteiger partial charge in [-0.2, -0.15) is 0 Å². The van der Waals surface area contributed by atoms with Crippen LogP contribution in [0.5, 0.6) is 0 Å². The van der Waals surface area contributed by atoms with Crippen LogP contribution in [0.1, 0.15) is 10.9 Å². The number of carbonyl (C=O) groups excluding carboxylic acids is 1. The lowest BCUT2D eigenvalue weighted by Gasteiger charge is -2.21. The molecule has 1 aromatic heterocycles. The average molecular weight is 330 g/mol. The highest BCUT2D eigenvalue weighted by atomic mass is 32.2. The summed E-state index contributed by atoms with van der Waals surface area (Å²) in [6.07, 6.45) is 0. The Labute approximate surface area is 134 Å². The second-order valence-electron chi connectivity index (χ2n) is 4.94. The number of aromatic nitrogens is 1. The quantitative estimate of drug-likeness (QED) is 0.705. The van der Waals surface area contributed by atoms with Gasteiger partial charge in [-0.15, -0.1) is 11.8 Å². The number of thioether (sulfide) groups is 1. The molecule has 1 aliphatic heterocycles. The monoisotopic (exact) mass is 330 g/mol. The fraction of sp³-hybridized carbons (Fsp3) is 0.125. The first kappa shape index (κ1) is 13.7. The first-order valence-electron chi connectivity index (χ1n) is 6.77. The van der Waals surface area contributed by atoms with E-state index >= 15 is 0 Å². The Kier molecular flexibility index (Phi) is 3.35. The minimum Gasteiger partial charge on any atom is -0.273 e. The molecule has 1 amide bonds. The first-order chi connectivity index (χ1) is 10.7. The Morgan fingerprint density at radius 3 is 2.68 bits per heavy atom. The molecule has 0 aliphatic carbocycles. The van der Waals surface area contributed by atoms with Crippen LogP contribution in [0.25, 0.3) is 10.2 Å². The van der Waals surface area contributed by atoms with Crippen molar-refractivity contribution in [2.45, 2.75) is 5.37 Å². The number of hydrogen-bond donors (Lipinski definition) is 0. The van der Waals surface area contributed by atoms with Gasteiger partial charge in [-0.05, 0) is 29.8 Å². The van der Waals surface area contributed by atoms with Gasteiger partial charge in [0.1, 0.15) is 11.2 Å². The van der Waals surface area contributed by atoms with Crippen LogP contribution in [-0.4, -0.2) is 16.6 Å². The van der Waals surface area contributed by atoms with Crippen LogP contribution in [0.15, 0.2) is 48.5 Å². The second-order valence-corrected chi connectivity index (χ2v) is 7.02. The molecule has 1 fully saturated rings. The molecular formula is C16H11FN2OS2. The molecule has 2 aromatic carbocycles. The number of nitrogens with zero attached hydrogens (tertiary/aromatic N) is 2. The number of benzene rings is 2. The summed E-state index contributed by atoms with van der Waals surface area (Å²) in [7, 11) is 0. The maximum absolute atomic E-state index is 13.1. The smallest absolute Gasteiger partial charge is 0.240 e. The number of thiazole rings is 1. The van der Waals surface area contributed by atoms with Crippen LogP contribution >= 0.6 is 23.1 Å². The molecule has 3 nitrogen and oxygen atoms in total. The summed E-state index contributed by atoms with van der Waals surface area (Å²) in [4.78, 5) is 18.6. The van der Waals surface area contributed by atoms with E-state index in [1.54, 1.807) is 28.8 Å². The summed E-state index contributed by atoms with van der Waals surface area (Å²) in [5, 5.41) is 0.555. The molecule has 0 spiro atoms. The van der Waals surface area contributed by atoms with E-state index in [0.717, 1.165) is 15.8 Å². The Hall–Kier alpha value is -1.92. The molecule has 1 saturated heterocycles. The van der Waals surface area contributed by atoms with Gasteiger partial charge in [-0.1, -0.05) is 35.6 Å². The van der Waals surface area contributed by atoms with E-state index in [9.17, 15) is 9.18 Å². The maximum atomic E-state index is 13.1. The van der Waals surface area contributed by atoms with E-state index in [1.807, 2.05) is 24.3 Å². The van der Waals surface area contributed by atoms with Crippen molar-refractivity contribution in [3.63, 3.8) is 0 Å². The number of carbonyl (C=O) groups is 1. The van der Waals surface area contributed by atoms with Crippen molar-refractivity contribution in [1.29, 1.82) is 0 Å². The van der Waals surface area contributed by atoms with Gasteiger partial charge in [0.05, 0.1) is 16.0 Å². The number of rotatable bonds is 2. The van der Waals surface area contributed by atoms with E-state index in [-0.39, 0.29) is 17.1 Å². The van der Waals surface area contributed by atoms with Crippen molar-refractivity contribution in [3.8, 4) is 0 Å². The maximum Gasteiger partial charge on any atom is 0.240 e. The van der Waals surface area contributed by atoms with Crippen molar-refractivity contribution < 1.29 is 9.18 Å². The predicted octanol–water partition coefficient (Wildman–Crippen LogP) is 4.21. The summed E-state index contributed by atoms with van der Waals surface area (Å²) in [6, 6.07) is 14.1. The van der Waals surface area contributed by atoms with Gasteiger partial charge in [0.15, 0.2) is 5.13 Å². The molecule has 0 N–H and O–H groups in total. The molecule has 22 heavy (non-hydrogen) atoms. The molecule has 0 unspecified atom stereocenters. The van der Waals surface area contributed by atoms with E-state index < -0.39 is 0 Å². The first-order valence-corrected chi connectivity index (χ1v) is 8.63. The van der Waals surface area contributed by atoms with Crippen LogP contribution in [0.2, 0.25) is 0 Å². The highest BCUT2D eigenvalue weighted by Crippen LogP contribution is 2.43. The molecule has 0 radical (unpaired) electrons. The number of amides is 1. The number of anilines is 1. The van der Waals surface area contributed by atoms with Gasteiger partial charge in [-0.3, -0.25) is 9.69 Å². The van der Waals surface area contributed by atoms with Crippen molar-refractivity contribution in [1.82, 2.24) is 4.98 Å². The summed E-state index contributed by atoms with van der Waals surface area (Å²) < 4.78 is 14.2. The van der Waals surface area contributed by atoms with E-state index in [1.165, 1.54) is 23.5 Å². The Morgan fingerprint density at radius 1 is 1.14 bits per heavy atom. The molecule has 1 atom stereocenters. The zero-order valence-corrected chi connectivity index (χ0v) is 13.0. The van der Waals surface area contributed by atoms with Crippen molar-refractivity contribution in [2.75, 3.05) is 10.7 Å². The third kappa shape index (κ3) is 2.28. The molecule has 0 bridgehead atoms. The van der Waals surface area contributed by atoms with Crippen LogP contribution in [0.4, 0.5) is 9.52 Å². The number of halogens is 1. The molecule has 6 heteroatoms. The summed E-state index contributed by atoms with van der Waals surface area (Å²) in [6.45, 7) is 0. The number of fused-ring (bicyclic) bond motifs is 1. The zero-order chi connectivity index (χ0) is 15.1. The standard InChI is InChI=1S/C16H11FN2OS2/c17-11-7-5-10(6-8-11)15-19(14(20)9-21-15)16-18-12-3-1-2-4-13(12)22-16/h1-8,15H,9H2/t15-/m1/s1. The summed E-state index contributed by atoms with van der Waals surface area (Å²) in [5.74, 6) is 0.181. The van der Waals surface area contributed by atoms with E-state index in [4.69, 9.17) is 0 Å². The van der Waals surface area contributed by atoms with Gasteiger partial charge in [0.2, 0.25) is 5.91 Å². The van der Waals surface area contributed by atoms with Crippen molar-refractivity contribution in [2.24, 2.45) is 0 Å². The number of hydrogen-bond acceptors (Lipinski definition) is 4. The van der Waals surface area contributed by atoms with Crippen LogP contribution in [0.3, 0.4) is 0 Å². The molecule has 0 saturated carbocycles. The molecule has 3 aromatic rings. The Balaban J connectivity index is 1.76. The summed E-state index contributed by atoms with van der Waals surface area (Å²) in [5.41, 5.74) is 1.81. The van der Waals surface area contributed by atoms with Crippen molar-refractivity contribution in [3.05, 3.63) is 59.9 Å². The largest absolute Gasteiger partial charge is 0.273 e. The minimum absolute atomic E-state index is 0.0402. The van der Waals surface area contributed by atoms with E-state index in [2.05, 4.69) is 4.98 Å². The average Bonchev–Trinajstić information content (AvgIpc) is 3.11. The third-order valence-electron chi connectivity index (χ3n) is 3.51. The topological polar surface area (TPSA) is 33.2 Å². The molecular weight excluding hydrogens is 319 g/mol. The third-order valence-corrected chi connectivity index (χ3v) is 5.76. The van der Waals surface area contributed by atoms with Gasteiger partial charge < -0.3 is 0 Å². The molecule has 4 rings (SSSR count). The highest BCUT2D eigenvalue weighted by molar-refractivity contribution is 8.00. The SMILES string of the molecule is O=C1CS[C@H](c2ccc(F)cc2)N1c1nc2ccccc2s1. The Bertz CT molecular complexity index is 814. The normalized spacial score (nSPS) is 18.3.